The largest absolute Gasteiger partial charge is 0.371 e. The number of aromatic nitrogens is 1. The van der Waals surface area contributed by atoms with Crippen LogP contribution in [-0.2, 0) is 6.42 Å². The summed E-state index contributed by atoms with van der Waals surface area (Å²) in [4.78, 5) is 7.16. The van der Waals surface area contributed by atoms with Crippen LogP contribution in [-0.4, -0.2) is 18.1 Å². The number of hydrogen-bond acceptors (Lipinski definition) is 2. The summed E-state index contributed by atoms with van der Waals surface area (Å²) in [5, 5.41) is 0. The SMILES string of the molecule is c1ccc(C2CCN3CCCc4cccc2c43)nc1. The third kappa shape index (κ3) is 1.74. The van der Waals surface area contributed by atoms with Crippen LogP contribution in [0.15, 0.2) is 42.6 Å². The zero-order valence-electron chi connectivity index (χ0n) is 11.0. The summed E-state index contributed by atoms with van der Waals surface area (Å²) in [6.45, 7) is 2.39. The second-order valence-corrected chi connectivity index (χ2v) is 5.54. The lowest BCUT2D eigenvalue weighted by Gasteiger charge is -2.40. The predicted octanol–water partition coefficient (Wildman–Crippen LogP) is 3.37. The second kappa shape index (κ2) is 4.37. The van der Waals surface area contributed by atoms with Crippen LogP contribution in [0.5, 0.6) is 0 Å². The van der Waals surface area contributed by atoms with E-state index in [9.17, 15) is 0 Å². The summed E-state index contributed by atoms with van der Waals surface area (Å²) in [5.74, 6) is 0.477. The molecule has 0 radical (unpaired) electrons. The van der Waals surface area contributed by atoms with Crippen molar-refractivity contribution in [2.45, 2.75) is 25.2 Å². The molecule has 0 N–H and O–H groups in total. The lowest BCUT2D eigenvalue weighted by Crippen LogP contribution is -2.36. The molecule has 0 bridgehead atoms. The molecule has 0 amide bonds. The Balaban J connectivity index is 1.85. The number of benzene rings is 1. The van der Waals surface area contributed by atoms with E-state index in [2.05, 4.69) is 40.2 Å². The Morgan fingerprint density at radius 1 is 1.05 bits per heavy atom. The molecule has 3 heterocycles. The Kier molecular flexibility index (Phi) is 2.54. The van der Waals surface area contributed by atoms with Gasteiger partial charge in [0.25, 0.3) is 0 Å². The first-order chi connectivity index (χ1) is 9.43. The van der Waals surface area contributed by atoms with Gasteiger partial charge in [-0.3, -0.25) is 4.98 Å². The van der Waals surface area contributed by atoms with Gasteiger partial charge in [-0.2, -0.15) is 0 Å². The molecule has 0 aliphatic carbocycles. The number of hydrogen-bond donors (Lipinski definition) is 0. The molecule has 19 heavy (non-hydrogen) atoms. The van der Waals surface area contributed by atoms with Gasteiger partial charge in [0.05, 0.1) is 0 Å². The van der Waals surface area contributed by atoms with Gasteiger partial charge in [0.15, 0.2) is 0 Å². The van der Waals surface area contributed by atoms with Crippen molar-refractivity contribution in [3.63, 3.8) is 0 Å². The molecule has 2 aliphatic heterocycles. The average molecular weight is 250 g/mol. The van der Waals surface area contributed by atoms with Crippen LogP contribution in [0.1, 0.15) is 35.6 Å². The van der Waals surface area contributed by atoms with Crippen molar-refractivity contribution in [2.75, 3.05) is 18.0 Å². The van der Waals surface area contributed by atoms with Gasteiger partial charge < -0.3 is 4.90 Å². The van der Waals surface area contributed by atoms with Gasteiger partial charge in [-0.25, -0.2) is 0 Å². The fourth-order valence-corrected chi connectivity index (χ4v) is 3.61. The number of aryl methyl sites for hydroxylation is 1. The molecule has 2 aliphatic rings. The predicted molar refractivity (Wildman–Crippen MR) is 77.7 cm³/mol. The highest BCUT2D eigenvalue weighted by molar-refractivity contribution is 5.65. The monoisotopic (exact) mass is 250 g/mol. The molecular formula is C17H18N2. The van der Waals surface area contributed by atoms with Crippen LogP contribution >= 0.6 is 0 Å². The number of pyridine rings is 1. The van der Waals surface area contributed by atoms with Crippen molar-refractivity contribution < 1.29 is 0 Å². The van der Waals surface area contributed by atoms with E-state index in [0.717, 1.165) is 0 Å². The Bertz CT molecular complexity index is 591. The summed E-state index contributed by atoms with van der Waals surface area (Å²) in [6, 6.07) is 13.1. The summed E-state index contributed by atoms with van der Waals surface area (Å²) in [7, 11) is 0. The van der Waals surface area contributed by atoms with E-state index < -0.39 is 0 Å². The molecule has 4 rings (SSSR count). The molecule has 2 heteroatoms. The van der Waals surface area contributed by atoms with Gasteiger partial charge in [-0.1, -0.05) is 24.3 Å². The van der Waals surface area contributed by atoms with Crippen LogP contribution in [0.3, 0.4) is 0 Å². The standard InChI is InChI=1S/C17H18N2/c1-2-10-18-16(8-1)14-9-12-19-11-4-6-13-5-3-7-15(14)17(13)19/h1-3,5,7-8,10,14H,4,6,9,11-12H2. The maximum absolute atomic E-state index is 4.58. The molecule has 0 fully saturated rings. The normalized spacial score (nSPS) is 21.1. The smallest absolute Gasteiger partial charge is 0.0479 e. The topological polar surface area (TPSA) is 16.1 Å². The minimum atomic E-state index is 0.477. The molecule has 96 valence electrons. The van der Waals surface area contributed by atoms with Gasteiger partial charge in [0.2, 0.25) is 0 Å². The molecule has 0 saturated heterocycles. The third-order valence-electron chi connectivity index (χ3n) is 4.45. The lowest BCUT2D eigenvalue weighted by atomic mass is 9.83. The molecule has 1 unspecified atom stereocenters. The molecule has 1 aromatic heterocycles. The lowest BCUT2D eigenvalue weighted by molar-refractivity contribution is 0.589. The Morgan fingerprint density at radius 2 is 2.05 bits per heavy atom. The van der Waals surface area contributed by atoms with Gasteiger partial charge in [0.1, 0.15) is 0 Å². The number of nitrogens with zero attached hydrogens (tertiary/aromatic N) is 2. The third-order valence-corrected chi connectivity index (χ3v) is 4.45. The van der Waals surface area contributed by atoms with E-state index in [1.807, 2.05) is 12.3 Å². The quantitative estimate of drug-likeness (QED) is 0.771. The first kappa shape index (κ1) is 11.0. The van der Waals surface area contributed by atoms with Crippen LogP contribution in [0.2, 0.25) is 0 Å². The molecule has 0 spiro atoms. The maximum Gasteiger partial charge on any atom is 0.0479 e. The van der Waals surface area contributed by atoms with Crippen molar-refractivity contribution in [3.05, 3.63) is 59.4 Å². The fraction of sp³-hybridized carbons (Fsp3) is 0.353. The van der Waals surface area contributed by atoms with Crippen molar-refractivity contribution >= 4 is 5.69 Å². The second-order valence-electron chi connectivity index (χ2n) is 5.54. The van der Waals surface area contributed by atoms with Crippen LogP contribution in [0.4, 0.5) is 5.69 Å². The van der Waals surface area contributed by atoms with Gasteiger partial charge in [-0.15, -0.1) is 0 Å². The molecule has 2 aromatic rings. The molecule has 0 saturated carbocycles. The summed E-state index contributed by atoms with van der Waals surface area (Å²) in [5.41, 5.74) is 5.75. The summed E-state index contributed by atoms with van der Waals surface area (Å²) < 4.78 is 0. The first-order valence-corrected chi connectivity index (χ1v) is 7.21. The number of para-hydroxylation sites is 1. The first-order valence-electron chi connectivity index (χ1n) is 7.21. The molecule has 1 aromatic carbocycles. The Morgan fingerprint density at radius 3 is 2.95 bits per heavy atom. The van der Waals surface area contributed by atoms with E-state index in [-0.39, 0.29) is 0 Å². The van der Waals surface area contributed by atoms with E-state index in [1.165, 1.54) is 54.9 Å². The summed E-state index contributed by atoms with van der Waals surface area (Å²) in [6.07, 6.45) is 5.63. The number of anilines is 1. The van der Waals surface area contributed by atoms with Crippen LogP contribution in [0, 0.1) is 0 Å². The van der Waals surface area contributed by atoms with Gasteiger partial charge >= 0.3 is 0 Å². The number of rotatable bonds is 1. The molecule has 2 nitrogen and oxygen atoms in total. The highest BCUT2D eigenvalue weighted by Gasteiger charge is 2.30. The van der Waals surface area contributed by atoms with E-state index >= 15 is 0 Å². The Labute approximate surface area is 114 Å². The van der Waals surface area contributed by atoms with E-state index in [0.29, 0.717) is 5.92 Å². The highest BCUT2D eigenvalue weighted by Crippen LogP contribution is 2.42. The molecule has 1 atom stereocenters. The highest BCUT2D eigenvalue weighted by atomic mass is 15.1. The average Bonchev–Trinajstić information content (AvgIpc) is 2.49. The zero-order chi connectivity index (χ0) is 12.7. The Hall–Kier alpha value is -1.83. The van der Waals surface area contributed by atoms with Gasteiger partial charge in [0, 0.05) is 36.6 Å². The molecular weight excluding hydrogens is 232 g/mol. The minimum absolute atomic E-state index is 0.477. The maximum atomic E-state index is 4.58. The minimum Gasteiger partial charge on any atom is -0.371 e. The van der Waals surface area contributed by atoms with Crippen molar-refractivity contribution in [3.8, 4) is 0 Å². The fourth-order valence-electron chi connectivity index (χ4n) is 3.61. The van der Waals surface area contributed by atoms with E-state index in [1.54, 1.807) is 0 Å². The van der Waals surface area contributed by atoms with Crippen molar-refractivity contribution in [1.82, 2.24) is 4.98 Å². The van der Waals surface area contributed by atoms with E-state index in [4.69, 9.17) is 0 Å². The van der Waals surface area contributed by atoms with Crippen molar-refractivity contribution in [1.29, 1.82) is 0 Å². The summed E-state index contributed by atoms with van der Waals surface area (Å²) >= 11 is 0. The van der Waals surface area contributed by atoms with Gasteiger partial charge in [-0.05, 0) is 42.5 Å². The van der Waals surface area contributed by atoms with Crippen LogP contribution < -0.4 is 4.90 Å². The van der Waals surface area contributed by atoms with Crippen LogP contribution in [0.25, 0.3) is 0 Å². The zero-order valence-corrected chi connectivity index (χ0v) is 11.0. The van der Waals surface area contributed by atoms with Crippen molar-refractivity contribution in [2.24, 2.45) is 0 Å².